The van der Waals surface area contributed by atoms with E-state index in [0.717, 1.165) is 0 Å². The summed E-state index contributed by atoms with van der Waals surface area (Å²) in [6, 6.07) is 7.62. The summed E-state index contributed by atoms with van der Waals surface area (Å²) < 4.78 is 19.2. The highest BCUT2D eigenvalue weighted by atomic mass is 79.9. The summed E-state index contributed by atoms with van der Waals surface area (Å²) in [5.41, 5.74) is 0.118. The van der Waals surface area contributed by atoms with Gasteiger partial charge in [-0.25, -0.2) is 4.39 Å². The minimum Gasteiger partial charge on any atom is -0.456 e. The largest absolute Gasteiger partial charge is 0.456 e. The van der Waals surface area contributed by atoms with Crippen molar-refractivity contribution in [1.29, 1.82) is 0 Å². The molecule has 1 aromatic heterocycles. The maximum atomic E-state index is 13.5. The molecule has 0 bridgehead atoms. The lowest BCUT2D eigenvalue weighted by Gasteiger charge is -2.04. The van der Waals surface area contributed by atoms with Crippen LogP contribution in [0.15, 0.2) is 39.2 Å². The van der Waals surface area contributed by atoms with Crippen molar-refractivity contribution >= 4 is 27.5 Å². The third-order valence-electron chi connectivity index (χ3n) is 2.14. The van der Waals surface area contributed by atoms with Gasteiger partial charge in [0.05, 0.1) is 5.69 Å². The molecule has 0 atom stereocenters. The summed E-state index contributed by atoms with van der Waals surface area (Å²) >= 11 is 3.14. The SMILES string of the molecule is Cc1ccc(C(=O)Nc2ccc(Br)cc2F)o1. The van der Waals surface area contributed by atoms with E-state index < -0.39 is 11.7 Å². The fourth-order valence-corrected chi connectivity index (χ4v) is 1.66. The summed E-state index contributed by atoms with van der Waals surface area (Å²) in [5, 5.41) is 2.44. The summed E-state index contributed by atoms with van der Waals surface area (Å²) in [6.45, 7) is 1.73. The molecule has 2 rings (SSSR count). The third kappa shape index (κ3) is 2.74. The molecule has 0 radical (unpaired) electrons. The fourth-order valence-electron chi connectivity index (χ4n) is 1.33. The molecule has 0 spiro atoms. The van der Waals surface area contributed by atoms with Gasteiger partial charge in [-0.3, -0.25) is 4.79 Å². The predicted molar refractivity (Wildman–Crippen MR) is 65.5 cm³/mol. The minimum absolute atomic E-state index is 0.118. The zero-order chi connectivity index (χ0) is 12.4. The van der Waals surface area contributed by atoms with E-state index in [0.29, 0.717) is 10.2 Å². The van der Waals surface area contributed by atoms with Crippen molar-refractivity contribution in [3.8, 4) is 0 Å². The number of nitrogens with one attached hydrogen (secondary N) is 1. The van der Waals surface area contributed by atoms with E-state index in [1.165, 1.54) is 12.1 Å². The second kappa shape index (κ2) is 4.71. The van der Waals surface area contributed by atoms with E-state index in [1.54, 1.807) is 25.1 Å². The van der Waals surface area contributed by atoms with E-state index >= 15 is 0 Å². The first-order chi connectivity index (χ1) is 8.06. The molecule has 1 heterocycles. The lowest BCUT2D eigenvalue weighted by Crippen LogP contribution is -2.12. The van der Waals surface area contributed by atoms with Crippen molar-refractivity contribution in [3.05, 3.63) is 52.1 Å². The molecule has 1 aromatic carbocycles. The molecular weight excluding hydrogens is 289 g/mol. The number of anilines is 1. The Balaban J connectivity index is 2.18. The molecular formula is C12H9BrFNO2. The van der Waals surface area contributed by atoms with Crippen molar-refractivity contribution in [3.63, 3.8) is 0 Å². The van der Waals surface area contributed by atoms with Crippen molar-refractivity contribution < 1.29 is 13.6 Å². The molecule has 0 saturated heterocycles. The van der Waals surface area contributed by atoms with Crippen molar-refractivity contribution in [1.82, 2.24) is 0 Å². The maximum Gasteiger partial charge on any atom is 0.291 e. The Morgan fingerprint density at radius 1 is 1.35 bits per heavy atom. The van der Waals surface area contributed by atoms with Crippen LogP contribution in [0.5, 0.6) is 0 Å². The number of aryl methyl sites for hydroxylation is 1. The van der Waals surface area contributed by atoms with Crippen molar-refractivity contribution in [2.24, 2.45) is 0 Å². The summed E-state index contributed by atoms with van der Waals surface area (Å²) in [5.74, 6) is -0.188. The van der Waals surface area contributed by atoms with E-state index in [1.807, 2.05) is 0 Å². The van der Waals surface area contributed by atoms with Crippen LogP contribution in [0.4, 0.5) is 10.1 Å². The Morgan fingerprint density at radius 2 is 2.12 bits per heavy atom. The topological polar surface area (TPSA) is 42.2 Å². The maximum absolute atomic E-state index is 13.5. The van der Waals surface area contributed by atoms with Gasteiger partial charge in [0, 0.05) is 4.47 Å². The smallest absolute Gasteiger partial charge is 0.291 e. The van der Waals surface area contributed by atoms with Gasteiger partial charge >= 0.3 is 0 Å². The zero-order valence-electron chi connectivity index (χ0n) is 8.96. The summed E-state index contributed by atoms with van der Waals surface area (Å²) in [4.78, 5) is 11.7. The molecule has 3 nitrogen and oxygen atoms in total. The van der Waals surface area contributed by atoms with Gasteiger partial charge in [-0.2, -0.15) is 0 Å². The Labute approximate surface area is 106 Å². The van der Waals surface area contributed by atoms with Gasteiger partial charge in [0.15, 0.2) is 5.76 Å². The lowest BCUT2D eigenvalue weighted by atomic mass is 10.3. The summed E-state index contributed by atoms with van der Waals surface area (Å²) in [6.07, 6.45) is 0. The van der Waals surface area contributed by atoms with E-state index in [4.69, 9.17) is 4.42 Å². The molecule has 88 valence electrons. The second-order valence-electron chi connectivity index (χ2n) is 3.49. The lowest BCUT2D eigenvalue weighted by molar-refractivity contribution is 0.0995. The molecule has 2 aromatic rings. The molecule has 0 saturated carbocycles. The quantitative estimate of drug-likeness (QED) is 0.917. The molecule has 0 fully saturated rings. The average molecular weight is 298 g/mol. The van der Waals surface area contributed by atoms with Crippen LogP contribution >= 0.6 is 15.9 Å². The number of hydrogen-bond acceptors (Lipinski definition) is 2. The van der Waals surface area contributed by atoms with Gasteiger partial charge in [-0.15, -0.1) is 0 Å². The highest BCUT2D eigenvalue weighted by molar-refractivity contribution is 9.10. The van der Waals surface area contributed by atoms with Gasteiger partial charge in [0.2, 0.25) is 0 Å². The molecule has 5 heteroatoms. The van der Waals surface area contributed by atoms with Gasteiger partial charge < -0.3 is 9.73 Å². The Hall–Kier alpha value is -1.62. The number of amides is 1. The minimum atomic E-state index is -0.504. The number of carbonyl (C=O) groups excluding carboxylic acids is 1. The van der Waals surface area contributed by atoms with Crippen molar-refractivity contribution in [2.75, 3.05) is 5.32 Å². The first-order valence-corrected chi connectivity index (χ1v) is 5.68. The summed E-state index contributed by atoms with van der Waals surface area (Å²) in [7, 11) is 0. The number of hydrogen-bond donors (Lipinski definition) is 1. The fraction of sp³-hybridized carbons (Fsp3) is 0.0833. The van der Waals surface area contributed by atoms with E-state index in [-0.39, 0.29) is 11.4 Å². The molecule has 0 aliphatic heterocycles. The molecule has 1 N–H and O–H groups in total. The zero-order valence-corrected chi connectivity index (χ0v) is 10.5. The number of benzene rings is 1. The third-order valence-corrected chi connectivity index (χ3v) is 2.64. The number of carbonyl (C=O) groups is 1. The van der Waals surface area contributed by atoms with Crippen LogP contribution in [-0.2, 0) is 0 Å². The number of rotatable bonds is 2. The first-order valence-electron chi connectivity index (χ1n) is 4.89. The average Bonchev–Trinajstić information content (AvgIpc) is 2.69. The molecule has 1 amide bonds. The normalized spacial score (nSPS) is 10.3. The molecule has 0 unspecified atom stereocenters. The van der Waals surface area contributed by atoms with Crippen LogP contribution in [0.1, 0.15) is 16.3 Å². The molecule has 0 aliphatic rings. The Morgan fingerprint density at radius 3 is 2.71 bits per heavy atom. The monoisotopic (exact) mass is 297 g/mol. The van der Waals surface area contributed by atoms with Crippen LogP contribution < -0.4 is 5.32 Å². The first kappa shape index (κ1) is 11.9. The number of furan rings is 1. The Kier molecular flexibility index (Phi) is 3.28. The Bertz CT molecular complexity index is 565. The van der Waals surface area contributed by atoms with Gasteiger partial charge in [-0.05, 0) is 37.3 Å². The van der Waals surface area contributed by atoms with Crippen LogP contribution in [0, 0.1) is 12.7 Å². The van der Waals surface area contributed by atoms with Gasteiger partial charge in [0.1, 0.15) is 11.6 Å². The number of halogens is 2. The second-order valence-corrected chi connectivity index (χ2v) is 4.40. The standard InChI is InChI=1S/C12H9BrFNO2/c1-7-2-5-11(17-7)12(16)15-10-4-3-8(13)6-9(10)14/h2-6H,1H3,(H,15,16). The van der Waals surface area contributed by atoms with Crippen LogP contribution in [0.3, 0.4) is 0 Å². The van der Waals surface area contributed by atoms with Gasteiger partial charge in [0.25, 0.3) is 5.91 Å². The van der Waals surface area contributed by atoms with E-state index in [9.17, 15) is 9.18 Å². The van der Waals surface area contributed by atoms with Crippen LogP contribution in [0.25, 0.3) is 0 Å². The van der Waals surface area contributed by atoms with Gasteiger partial charge in [-0.1, -0.05) is 15.9 Å². The van der Waals surface area contributed by atoms with E-state index in [2.05, 4.69) is 21.2 Å². The predicted octanol–water partition coefficient (Wildman–Crippen LogP) is 3.74. The van der Waals surface area contributed by atoms with Crippen LogP contribution in [0.2, 0.25) is 0 Å². The van der Waals surface area contributed by atoms with Crippen molar-refractivity contribution in [2.45, 2.75) is 6.92 Å². The molecule has 0 aliphatic carbocycles. The molecule has 17 heavy (non-hydrogen) atoms. The van der Waals surface area contributed by atoms with Crippen LogP contribution in [-0.4, -0.2) is 5.91 Å². The highest BCUT2D eigenvalue weighted by Crippen LogP contribution is 2.20. The highest BCUT2D eigenvalue weighted by Gasteiger charge is 2.12.